The lowest BCUT2D eigenvalue weighted by Crippen LogP contribution is -1.63. The zero-order chi connectivity index (χ0) is 6.24. The van der Waals surface area contributed by atoms with Crippen molar-refractivity contribution in [3.8, 4) is 11.8 Å². The van der Waals surface area contributed by atoms with E-state index in [4.69, 9.17) is 0 Å². The number of allylic oxidation sites excluding steroid dienone is 1. The van der Waals surface area contributed by atoms with Crippen molar-refractivity contribution in [3.05, 3.63) is 12.4 Å². The maximum atomic E-state index is 11.1. The van der Waals surface area contributed by atoms with Gasteiger partial charge in [0.15, 0.2) is 0 Å². The minimum Gasteiger partial charge on any atom is -0.215 e. The van der Waals surface area contributed by atoms with Gasteiger partial charge in [0, 0.05) is 6.08 Å². The monoisotopic (exact) mass is 130 g/mol. The van der Waals surface area contributed by atoms with E-state index in [1.165, 1.54) is 6.08 Å². The summed E-state index contributed by atoms with van der Waals surface area (Å²) in [4.78, 5) is 0. The standard InChI is InChI=1S/C6H7FS/c1-8-6-4-2-3-5-7/h3,5H,6H2,1H3/b5-3+. The first-order valence-electron chi connectivity index (χ1n) is 2.14. The van der Waals surface area contributed by atoms with E-state index >= 15 is 0 Å². The molecule has 0 nitrogen and oxygen atoms in total. The van der Waals surface area contributed by atoms with Crippen molar-refractivity contribution in [2.24, 2.45) is 0 Å². The second-order valence-electron chi connectivity index (χ2n) is 1.05. The van der Waals surface area contributed by atoms with E-state index in [0.29, 0.717) is 6.33 Å². The van der Waals surface area contributed by atoms with Crippen molar-refractivity contribution in [3.63, 3.8) is 0 Å². The lowest BCUT2D eigenvalue weighted by Gasteiger charge is -1.73. The fraction of sp³-hybridized carbons (Fsp3) is 0.333. The Morgan fingerprint density at radius 1 is 1.75 bits per heavy atom. The molecule has 0 aliphatic carbocycles. The van der Waals surface area contributed by atoms with Crippen LogP contribution in [0.25, 0.3) is 0 Å². The second-order valence-corrected chi connectivity index (χ2v) is 1.91. The van der Waals surface area contributed by atoms with Crippen molar-refractivity contribution >= 4 is 11.8 Å². The molecule has 0 amide bonds. The van der Waals surface area contributed by atoms with Gasteiger partial charge in [-0.25, -0.2) is 4.39 Å². The molecule has 0 bridgehead atoms. The Morgan fingerprint density at radius 3 is 3.00 bits per heavy atom. The summed E-state index contributed by atoms with van der Waals surface area (Å²) in [6.07, 6.45) is 3.58. The first-order chi connectivity index (χ1) is 3.91. The van der Waals surface area contributed by atoms with Crippen LogP contribution in [0.3, 0.4) is 0 Å². The maximum Gasteiger partial charge on any atom is 0.0950 e. The van der Waals surface area contributed by atoms with Gasteiger partial charge in [-0.3, -0.25) is 0 Å². The van der Waals surface area contributed by atoms with Crippen LogP contribution in [0.5, 0.6) is 0 Å². The molecular weight excluding hydrogens is 123 g/mol. The van der Waals surface area contributed by atoms with E-state index in [1.54, 1.807) is 11.8 Å². The highest BCUT2D eigenvalue weighted by atomic mass is 32.2. The van der Waals surface area contributed by atoms with E-state index in [-0.39, 0.29) is 0 Å². The topological polar surface area (TPSA) is 0 Å². The van der Waals surface area contributed by atoms with Gasteiger partial charge >= 0.3 is 0 Å². The summed E-state index contributed by atoms with van der Waals surface area (Å²) in [5.41, 5.74) is 0. The highest BCUT2D eigenvalue weighted by Crippen LogP contribution is 1.85. The maximum absolute atomic E-state index is 11.1. The van der Waals surface area contributed by atoms with E-state index in [0.717, 1.165) is 5.75 Å². The van der Waals surface area contributed by atoms with Gasteiger partial charge in [0.25, 0.3) is 0 Å². The molecule has 0 spiro atoms. The Bertz CT molecular complexity index is 118. The van der Waals surface area contributed by atoms with E-state index < -0.39 is 0 Å². The van der Waals surface area contributed by atoms with Crippen LogP contribution in [0.1, 0.15) is 0 Å². The average Bonchev–Trinajstić information content (AvgIpc) is 1.81. The number of thioether (sulfide) groups is 1. The predicted molar refractivity (Wildman–Crippen MR) is 36.4 cm³/mol. The molecule has 0 aromatic carbocycles. The van der Waals surface area contributed by atoms with E-state index in [2.05, 4.69) is 11.8 Å². The molecular formula is C6H7FS. The molecule has 0 aromatic rings. The Kier molecular flexibility index (Phi) is 6.23. The summed E-state index contributed by atoms with van der Waals surface area (Å²) in [6.45, 7) is 0. The summed E-state index contributed by atoms with van der Waals surface area (Å²) in [5.74, 6) is 6.00. The molecule has 0 radical (unpaired) electrons. The van der Waals surface area contributed by atoms with Gasteiger partial charge in [-0.1, -0.05) is 11.8 Å². The van der Waals surface area contributed by atoms with Crippen molar-refractivity contribution in [2.45, 2.75) is 0 Å². The molecule has 0 N–H and O–H groups in total. The van der Waals surface area contributed by atoms with E-state index in [9.17, 15) is 4.39 Å². The molecule has 0 saturated heterocycles. The predicted octanol–water partition coefficient (Wildman–Crippen LogP) is 1.84. The van der Waals surface area contributed by atoms with Crippen LogP contribution in [0.2, 0.25) is 0 Å². The van der Waals surface area contributed by atoms with Crippen molar-refractivity contribution in [1.29, 1.82) is 0 Å². The molecule has 0 atom stereocenters. The average molecular weight is 130 g/mol. The zero-order valence-corrected chi connectivity index (χ0v) is 5.46. The molecule has 0 rings (SSSR count). The highest BCUT2D eigenvalue weighted by Gasteiger charge is 1.65. The van der Waals surface area contributed by atoms with Crippen LogP contribution in [0.15, 0.2) is 12.4 Å². The Balaban J connectivity index is 3.21. The van der Waals surface area contributed by atoms with Gasteiger partial charge in [0.1, 0.15) is 0 Å². The van der Waals surface area contributed by atoms with Crippen LogP contribution in [0, 0.1) is 11.8 Å². The fourth-order valence-electron chi connectivity index (χ4n) is 0.204. The molecule has 0 fully saturated rings. The van der Waals surface area contributed by atoms with Crippen LogP contribution in [-0.4, -0.2) is 12.0 Å². The second kappa shape index (κ2) is 6.58. The Hall–Kier alpha value is -0.420. The quantitative estimate of drug-likeness (QED) is 0.488. The lowest BCUT2D eigenvalue weighted by atomic mass is 10.6. The van der Waals surface area contributed by atoms with Gasteiger partial charge < -0.3 is 0 Å². The van der Waals surface area contributed by atoms with Gasteiger partial charge in [0.2, 0.25) is 0 Å². The largest absolute Gasteiger partial charge is 0.215 e. The smallest absolute Gasteiger partial charge is 0.0950 e. The van der Waals surface area contributed by atoms with Crippen LogP contribution < -0.4 is 0 Å². The van der Waals surface area contributed by atoms with Crippen molar-refractivity contribution in [1.82, 2.24) is 0 Å². The summed E-state index contributed by atoms with van der Waals surface area (Å²) < 4.78 is 11.1. The lowest BCUT2D eigenvalue weighted by molar-refractivity contribution is 0.722. The number of halogens is 1. The molecule has 0 aliphatic heterocycles. The molecule has 44 valence electrons. The van der Waals surface area contributed by atoms with Crippen molar-refractivity contribution < 1.29 is 4.39 Å². The number of rotatable bonds is 1. The number of hydrogen-bond acceptors (Lipinski definition) is 1. The van der Waals surface area contributed by atoms with Crippen molar-refractivity contribution in [2.75, 3.05) is 12.0 Å². The summed E-state index contributed by atoms with van der Waals surface area (Å²) in [6, 6.07) is 0. The first-order valence-corrected chi connectivity index (χ1v) is 3.53. The first kappa shape index (κ1) is 7.58. The molecule has 8 heavy (non-hydrogen) atoms. The normalized spacial score (nSPS) is 8.75. The molecule has 0 saturated carbocycles. The minimum atomic E-state index is 0.438. The van der Waals surface area contributed by atoms with Gasteiger partial charge in [-0.15, -0.1) is 0 Å². The summed E-state index contributed by atoms with van der Waals surface area (Å²) >= 11 is 1.62. The minimum absolute atomic E-state index is 0.438. The van der Waals surface area contributed by atoms with Crippen LogP contribution in [0.4, 0.5) is 4.39 Å². The van der Waals surface area contributed by atoms with Crippen LogP contribution in [-0.2, 0) is 0 Å². The third kappa shape index (κ3) is 5.58. The van der Waals surface area contributed by atoms with Gasteiger partial charge in [-0.05, 0) is 6.26 Å². The molecule has 0 unspecified atom stereocenters. The third-order valence-electron chi connectivity index (χ3n) is 0.465. The molecule has 2 heteroatoms. The zero-order valence-electron chi connectivity index (χ0n) is 4.65. The van der Waals surface area contributed by atoms with Gasteiger partial charge in [-0.2, -0.15) is 11.8 Å². The molecule has 0 aromatic heterocycles. The molecule has 0 aliphatic rings. The number of hydrogen-bond donors (Lipinski definition) is 0. The summed E-state index contributed by atoms with van der Waals surface area (Å²) in [7, 11) is 0. The van der Waals surface area contributed by atoms with Crippen LogP contribution >= 0.6 is 11.8 Å². The Morgan fingerprint density at radius 2 is 2.50 bits per heavy atom. The fourth-order valence-corrected chi connectivity index (χ4v) is 0.432. The SMILES string of the molecule is CSCC#C/C=C/F. The van der Waals surface area contributed by atoms with Gasteiger partial charge in [0.05, 0.1) is 12.1 Å². The van der Waals surface area contributed by atoms with E-state index in [1.807, 2.05) is 6.26 Å². The highest BCUT2D eigenvalue weighted by molar-refractivity contribution is 7.98. The Labute approximate surface area is 53.2 Å². The molecule has 0 heterocycles. The third-order valence-corrected chi connectivity index (χ3v) is 0.898. The summed E-state index contributed by atoms with van der Waals surface area (Å²) in [5, 5.41) is 0.